The number of hydrogen-bond acceptors (Lipinski definition) is 5. The maximum absolute atomic E-state index is 12.5. The molecule has 1 aliphatic heterocycles. The zero-order valence-corrected chi connectivity index (χ0v) is 13.9. The van der Waals surface area contributed by atoms with E-state index in [0.29, 0.717) is 25.9 Å². The van der Waals surface area contributed by atoms with Gasteiger partial charge in [-0.05, 0) is 33.6 Å². The van der Waals surface area contributed by atoms with Gasteiger partial charge in [0.15, 0.2) is 0 Å². The molecule has 0 radical (unpaired) electrons. The van der Waals surface area contributed by atoms with Crippen LogP contribution in [0.3, 0.4) is 0 Å². The van der Waals surface area contributed by atoms with Crippen molar-refractivity contribution in [2.24, 2.45) is 0 Å². The van der Waals surface area contributed by atoms with Crippen LogP contribution in [0.4, 0.5) is 23.9 Å². The molecule has 24 heavy (non-hydrogen) atoms. The van der Waals surface area contributed by atoms with E-state index < -0.39 is 23.4 Å². The van der Waals surface area contributed by atoms with Crippen molar-refractivity contribution in [1.29, 1.82) is 0 Å². The molecule has 0 aromatic carbocycles. The van der Waals surface area contributed by atoms with E-state index in [-0.39, 0.29) is 12.0 Å². The van der Waals surface area contributed by atoms with E-state index in [9.17, 15) is 18.0 Å². The van der Waals surface area contributed by atoms with Crippen LogP contribution in [0.1, 0.15) is 39.2 Å². The van der Waals surface area contributed by atoms with Crippen LogP contribution in [0.2, 0.25) is 0 Å². The number of carbonyl (C=O) groups is 1. The van der Waals surface area contributed by atoms with Crippen LogP contribution in [0.25, 0.3) is 0 Å². The average molecular weight is 346 g/mol. The van der Waals surface area contributed by atoms with Gasteiger partial charge < -0.3 is 15.0 Å². The van der Waals surface area contributed by atoms with Crippen LogP contribution in [0, 0.1) is 0 Å². The topological polar surface area (TPSA) is 67.3 Å². The fourth-order valence-corrected chi connectivity index (χ4v) is 2.33. The Balaban J connectivity index is 1.85. The average Bonchev–Trinajstić information content (AvgIpc) is 2.45. The number of nitrogens with zero attached hydrogens (tertiary/aromatic N) is 3. The first-order chi connectivity index (χ1) is 11.0. The number of hydrogen-bond donors (Lipinski definition) is 1. The van der Waals surface area contributed by atoms with Gasteiger partial charge in [-0.2, -0.15) is 13.2 Å². The molecule has 1 aromatic rings. The van der Waals surface area contributed by atoms with Gasteiger partial charge in [-0.1, -0.05) is 0 Å². The van der Waals surface area contributed by atoms with Gasteiger partial charge in [0.2, 0.25) is 5.95 Å². The third kappa shape index (κ3) is 5.24. The van der Waals surface area contributed by atoms with E-state index in [2.05, 4.69) is 15.3 Å². The first kappa shape index (κ1) is 18.3. The molecule has 1 amide bonds. The number of piperidine rings is 1. The number of alkyl carbamates (subject to hydrolysis) is 1. The van der Waals surface area contributed by atoms with Crippen LogP contribution < -0.4 is 10.2 Å². The summed E-state index contributed by atoms with van der Waals surface area (Å²) in [6.07, 6.45) is -2.05. The molecular formula is C15H21F3N4O2. The summed E-state index contributed by atoms with van der Waals surface area (Å²) in [6.45, 7) is 6.46. The zero-order valence-electron chi connectivity index (χ0n) is 13.9. The molecule has 1 fully saturated rings. The molecule has 0 unspecified atom stereocenters. The molecule has 1 aliphatic rings. The Labute approximate surface area is 138 Å². The number of ether oxygens (including phenoxy) is 1. The lowest BCUT2D eigenvalue weighted by Crippen LogP contribution is -2.46. The van der Waals surface area contributed by atoms with Gasteiger partial charge in [-0.15, -0.1) is 0 Å². The minimum atomic E-state index is -4.44. The molecule has 1 N–H and O–H groups in total. The molecular weight excluding hydrogens is 325 g/mol. The fourth-order valence-electron chi connectivity index (χ4n) is 2.33. The van der Waals surface area contributed by atoms with Gasteiger partial charge in [0, 0.05) is 31.5 Å². The fraction of sp³-hybridized carbons (Fsp3) is 0.667. The summed E-state index contributed by atoms with van der Waals surface area (Å²) in [7, 11) is 0. The Bertz CT molecular complexity index is 562. The summed E-state index contributed by atoms with van der Waals surface area (Å²) in [6, 6.07) is -0.0365. The first-order valence-electron chi connectivity index (χ1n) is 7.68. The van der Waals surface area contributed by atoms with Crippen LogP contribution >= 0.6 is 0 Å². The molecule has 0 aliphatic carbocycles. The smallest absolute Gasteiger partial charge is 0.419 e. The number of alkyl halides is 3. The molecule has 0 saturated carbocycles. The van der Waals surface area contributed by atoms with Crippen molar-refractivity contribution >= 4 is 12.0 Å². The summed E-state index contributed by atoms with van der Waals surface area (Å²) in [5, 5.41) is 2.80. The highest BCUT2D eigenvalue weighted by Crippen LogP contribution is 2.28. The second-order valence-electron chi connectivity index (χ2n) is 6.68. The largest absolute Gasteiger partial charge is 0.444 e. The van der Waals surface area contributed by atoms with E-state index in [4.69, 9.17) is 4.74 Å². The van der Waals surface area contributed by atoms with Crippen molar-refractivity contribution in [2.45, 2.75) is 51.4 Å². The molecule has 6 nitrogen and oxygen atoms in total. The van der Waals surface area contributed by atoms with Crippen molar-refractivity contribution in [3.63, 3.8) is 0 Å². The van der Waals surface area contributed by atoms with Gasteiger partial charge in [-0.25, -0.2) is 14.8 Å². The highest BCUT2D eigenvalue weighted by atomic mass is 19.4. The molecule has 0 atom stereocenters. The highest BCUT2D eigenvalue weighted by Gasteiger charge is 2.32. The van der Waals surface area contributed by atoms with Gasteiger partial charge in [0.1, 0.15) is 5.60 Å². The Hall–Kier alpha value is -2.06. The number of carbonyl (C=O) groups excluding carboxylic acids is 1. The van der Waals surface area contributed by atoms with Gasteiger partial charge >= 0.3 is 12.3 Å². The van der Waals surface area contributed by atoms with Crippen LogP contribution in [-0.2, 0) is 10.9 Å². The standard InChI is InChI=1S/C15H21F3N4O2/c1-14(2,3)24-13(23)21-11-4-6-22(7-5-11)12-19-8-10(9-20-12)15(16,17)18/h8-9,11H,4-7H2,1-3H3,(H,21,23). The number of amides is 1. The molecule has 2 rings (SSSR count). The van der Waals surface area contributed by atoms with E-state index in [0.717, 1.165) is 12.4 Å². The molecule has 0 bridgehead atoms. The van der Waals surface area contributed by atoms with E-state index >= 15 is 0 Å². The summed E-state index contributed by atoms with van der Waals surface area (Å²) in [5.74, 6) is 0.263. The lowest BCUT2D eigenvalue weighted by molar-refractivity contribution is -0.138. The van der Waals surface area contributed by atoms with E-state index in [1.54, 1.807) is 25.7 Å². The maximum atomic E-state index is 12.5. The predicted octanol–water partition coefficient (Wildman–Crippen LogP) is 2.99. The molecule has 9 heteroatoms. The number of rotatable bonds is 2. The normalized spacial score (nSPS) is 16.8. The molecule has 1 aromatic heterocycles. The van der Waals surface area contributed by atoms with Crippen LogP contribution in [0.5, 0.6) is 0 Å². The van der Waals surface area contributed by atoms with Crippen molar-refractivity contribution in [3.05, 3.63) is 18.0 Å². The Morgan fingerprint density at radius 3 is 2.21 bits per heavy atom. The third-order valence-electron chi connectivity index (χ3n) is 3.46. The lowest BCUT2D eigenvalue weighted by Gasteiger charge is -2.32. The van der Waals surface area contributed by atoms with Crippen molar-refractivity contribution in [2.75, 3.05) is 18.0 Å². The maximum Gasteiger partial charge on any atom is 0.419 e. The van der Waals surface area contributed by atoms with Gasteiger partial charge in [0.05, 0.1) is 5.56 Å². The lowest BCUT2D eigenvalue weighted by atomic mass is 10.1. The number of halogens is 3. The van der Waals surface area contributed by atoms with E-state index in [1.807, 2.05) is 0 Å². The monoisotopic (exact) mass is 346 g/mol. The van der Waals surface area contributed by atoms with E-state index in [1.165, 1.54) is 0 Å². The predicted molar refractivity (Wildman–Crippen MR) is 81.6 cm³/mol. The second-order valence-corrected chi connectivity index (χ2v) is 6.68. The first-order valence-corrected chi connectivity index (χ1v) is 7.68. The summed E-state index contributed by atoms with van der Waals surface area (Å²) < 4.78 is 42.7. The Morgan fingerprint density at radius 1 is 1.21 bits per heavy atom. The Kier molecular flexibility index (Phi) is 5.19. The van der Waals surface area contributed by atoms with Crippen molar-refractivity contribution < 1.29 is 22.7 Å². The highest BCUT2D eigenvalue weighted by molar-refractivity contribution is 5.68. The molecule has 0 spiro atoms. The van der Waals surface area contributed by atoms with Crippen LogP contribution in [0.15, 0.2) is 12.4 Å². The Morgan fingerprint density at radius 2 is 1.75 bits per heavy atom. The number of nitrogens with one attached hydrogen (secondary N) is 1. The SMILES string of the molecule is CC(C)(C)OC(=O)NC1CCN(c2ncc(C(F)(F)F)cn2)CC1. The minimum Gasteiger partial charge on any atom is -0.444 e. The third-order valence-corrected chi connectivity index (χ3v) is 3.46. The quantitative estimate of drug-likeness (QED) is 0.892. The molecule has 134 valence electrons. The number of anilines is 1. The van der Waals surface area contributed by atoms with Crippen LogP contribution in [-0.4, -0.2) is 40.8 Å². The summed E-state index contributed by atoms with van der Waals surface area (Å²) in [4.78, 5) is 21.1. The van der Waals surface area contributed by atoms with Crippen molar-refractivity contribution in [1.82, 2.24) is 15.3 Å². The molecule has 2 heterocycles. The zero-order chi connectivity index (χ0) is 18.0. The number of aromatic nitrogens is 2. The van der Waals surface area contributed by atoms with Crippen molar-refractivity contribution in [3.8, 4) is 0 Å². The summed E-state index contributed by atoms with van der Waals surface area (Å²) in [5.41, 5.74) is -1.42. The van der Waals surface area contributed by atoms with Gasteiger partial charge in [-0.3, -0.25) is 0 Å². The van der Waals surface area contributed by atoms with Gasteiger partial charge in [0.25, 0.3) is 0 Å². The molecule has 1 saturated heterocycles. The minimum absolute atomic E-state index is 0.0365. The second kappa shape index (κ2) is 6.82. The summed E-state index contributed by atoms with van der Waals surface area (Å²) >= 11 is 0.